The predicted molar refractivity (Wildman–Crippen MR) is 152 cm³/mol. The van der Waals surface area contributed by atoms with Gasteiger partial charge >= 0.3 is 12.1 Å². The van der Waals surface area contributed by atoms with Crippen LogP contribution in [0.15, 0.2) is 84.9 Å². The van der Waals surface area contributed by atoms with Crippen LogP contribution in [0.3, 0.4) is 0 Å². The van der Waals surface area contributed by atoms with Gasteiger partial charge < -0.3 is 0 Å². The zero-order chi connectivity index (χ0) is 29.7. The standard InChI is InChI=1S/C32H30N4O6/c37-25-31(26(38)34-29(41)33-25,17-15-21-9-3-1-4-10-21)19-23-13-7-8-14-24(23)20-32(18-16-22-11-5-2-6-12-22)27(39)35-30(42)36-28(32)40/h1-14H,15-20H2,(H2,33,34,37,38,41)(H2,35,36,39,40,42). The molecular weight excluding hydrogens is 536 g/mol. The highest BCUT2D eigenvalue weighted by atomic mass is 16.2. The fourth-order valence-electron chi connectivity index (χ4n) is 5.67. The van der Waals surface area contributed by atoms with Crippen LogP contribution in [0, 0.1) is 10.8 Å². The lowest BCUT2D eigenvalue weighted by molar-refractivity contribution is -0.146. The molecule has 0 aromatic heterocycles. The van der Waals surface area contributed by atoms with Gasteiger partial charge in [0, 0.05) is 0 Å². The van der Waals surface area contributed by atoms with E-state index in [1.54, 1.807) is 24.3 Å². The number of hydrogen-bond acceptors (Lipinski definition) is 6. The van der Waals surface area contributed by atoms with E-state index < -0.39 is 46.5 Å². The maximum absolute atomic E-state index is 13.4. The van der Waals surface area contributed by atoms with Crippen LogP contribution in [0.5, 0.6) is 0 Å². The molecule has 0 unspecified atom stereocenters. The number of rotatable bonds is 10. The summed E-state index contributed by atoms with van der Waals surface area (Å²) in [5, 5.41) is 8.99. The molecule has 2 aliphatic heterocycles. The molecule has 214 valence electrons. The molecule has 5 rings (SSSR count). The minimum atomic E-state index is -1.62. The Labute approximate surface area is 242 Å². The lowest BCUT2D eigenvalue weighted by atomic mass is 9.70. The van der Waals surface area contributed by atoms with Crippen molar-refractivity contribution in [2.24, 2.45) is 10.8 Å². The quantitative estimate of drug-likeness (QED) is 0.277. The highest BCUT2D eigenvalue weighted by Gasteiger charge is 2.52. The van der Waals surface area contributed by atoms with Gasteiger partial charge in [-0.1, -0.05) is 84.9 Å². The summed E-state index contributed by atoms with van der Waals surface area (Å²) in [6, 6.07) is 24.0. The molecule has 3 aromatic rings. The van der Waals surface area contributed by atoms with E-state index in [0.717, 1.165) is 11.1 Å². The molecule has 10 heteroatoms. The number of benzene rings is 3. The third-order valence-corrected chi connectivity index (χ3v) is 8.12. The second kappa shape index (κ2) is 11.8. The van der Waals surface area contributed by atoms with Crippen LogP contribution in [0.1, 0.15) is 35.1 Å². The second-order valence-corrected chi connectivity index (χ2v) is 10.7. The van der Waals surface area contributed by atoms with Crippen LogP contribution < -0.4 is 21.3 Å². The third-order valence-electron chi connectivity index (χ3n) is 8.12. The van der Waals surface area contributed by atoms with E-state index in [4.69, 9.17) is 0 Å². The lowest BCUT2D eigenvalue weighted by Crippen LogP contribution is -2.64. The summed E-state index contributed by atoms with van der Waals surface area (Å²) in [7, 11) is 0. The Hall–Kier alpha value is -5.12. The number of aryl methyl sites for hydroxylation is 2. The highest BCUT2D eigenvalue weighted by molar-refractivity contribution is 6.20. The zero-order valence-corrected chi connectivity index (χ0v) is 22.8. The van der Waals surface area contributed by atoms with Crippen LogP contribution in [-0.2, 0) is 44.9 Å². The van der Waals surface area contributed by atoms with Crippen molar-refractivity contribution in [3.63, 3.8) is 0 Å². The molecule has 0 aliphatic carbocycles. The topological polar surface area (TPSA) is 151 Å². The summed E-state index contributed by atoms with van der Waals surface area (Å²) in [5.41, 5.74) is -0.261. The van der Waals surface area contributed by atoms with E-state index in [1.165, 1.54) is 0 Å². The predicted octanol–water partition coefficient (Wildman–Crippen LogP) is 2.74. The molecule has 0 atom stereocenters. The van der Waals surface area contributed by atoms with Gasteiger partial charge in [0.25, 0.3) is 0 Å². The summed E-state index contributed by atoms with van der Waals surface area (Å²) in [5.74, 6) is -2.84. The monoisotopic (exact) mass is 566 g/mol. The molecular formula is C32H30N4O6. The normalized spacial score (nSPS) is 17.6. The van der Waals surface area contributed by atoms with Gasteiger partial charge in [0.1, 0.15) is 10.8 Å². The van der Waals surface area contributed by atoms with Gasteiger partial charge in [-0.05, 0) is 60.8 Å². The minimum Gasteiger partial charge on any atom is -0.277 e. The molecule has 2 aliphatic rings. The van der Waals surface area contributed by atoms with Crippen LogP contribution in [-0.4, -0.2) is 35.7 Å². The zero-order valence-electron chi connectivity index (χ0n) is 22.8. The first kappa shape index (κ1) is 28.4. The van der Waals surface area contributed by atoms with E-state index in [2.05, 4.69) is 21.3 Å². The van der Waals surface area contributed by atoms with E-state index in [9.17, 15) is 28.8 Å². The molecule has 3 aromatic carbocycles. The van der Waals surface area contributed by atoms with Crippen molar-refractivity contribution < 1.29 is 28.8 Å². The Kier molecular flexibility index (Phi) is 7.97. The molecule has 8 amide bonds. The first-order chi connectivity index (χ1) is 20.2. The number of nitrogens with one attached hydrogen (secondary N) is 4. The Morgan fingerprint density at radius 1 is 0.429 bits per heavy atom. The largest absolute Gasteiger partial charge is 0.328 e. The first-order valence-corrected chi connectivity index (χ1v) is 13.7. The highest BCUT2D eigenvalue weighted by Crippen LogP contribution is 2.37. The van der Waals surface area contributed by atoms with E-state index in [1.807, 2.05) is 60.7 Å². The molecule has 2 fully saturated rings. The van der Waals surface area contributed by atoms with Crippen molar-refractivity contribution in [2.75, 3.05) is 0 Å². The molecule has 10 nitrogen and oxygen atoms in total. The van der Waals surface area contributed by atoms with Crippen molar-refractivity contribution in [2.45, 2.75) is 38.5 Å². The van der Waals surface area contributed by atoms with E-state index >= 15 is 0 Å². The summed E-state index contributed by atoms with van der Waals surface area (Å²) < 4.78 is 0. The number of amides is 8. The molecule has 0 bridgehead atoms. The Bertz CT molecular complexity index is 1400. The molecule has 0 saturated carbocycles. The Morgan fingerprint density at radius 2 is 0.738 bits per heavy atom. The number of carbonyl (C=O) groups excluding carboxylic acids is 6. The van der Waals surface area contributed by atoms with Crippen LogP contribution in [0.2, 0.25) is 0 Å². The van der Waals surface area contributed by atoms with Crippen LogP contribution in [0.4, 0.5) is 9.59 Å². The minimum absolute atomic E-state index is 0.0715. The van der Waals surface area contributed by atoms with Crippen molar-refractivity contribution in [3.8, 4) is 0 Å². The second-order valence-electron chi connectivity index (χ2n) is 10.7. The number of barbiturate groups is 2. The average molecular weight is 567 g/mol. The number of urea groups is 2. The van der Waals surface area contributed by atoms with Crippen molar-refractivity contribution >= 4 is 35.7 Å². The maximum Gasteiger partial charge on any atom is 0.328 e. The first-order valence-electron chi connectivity index (χ1n) is 13.7. The van der Waals surface area contributed by atoms with Gasteiger partial charge in [-0.2, -0.15) is 0 Å². The van der Waals surface area contributed by atoms with Gasteiger partial charge in [-0.25, -0.2) is 9.59 Å². The summed E-state index contributed by atoms with van der Waals surface area (Å²) >= 11 is 0. The lowest BCUT2D eigenvalue weighted by Gasteiger charge is -2.36. The molecule has 4 N–H and O–H groups in total. The van der Waals surface area contributed by atoms with Gasteiger partial charge in [-0.3, -0.25) is 40.4 Å². The fourth-order valence-corrected chi connectivity index (χ4v) is 5.67. The SMILES string of the molecule is O=C1NC(=O)C(CCc2ccccc2)(Cc2ccccc2CC2(CCc3ccccc3)C(=O)NC(=O)NC2=O)C(=O)N1. The van der Waals surface area contributed by atoms with Gasteiger partial charge in [0.05, 0.1) is 0 Å². The molecule has 42 heavy (non-hydrogen) atoms. The van der Waals surface area contributed by atoms with Gasteiger partial charge in [-0.15, -0.1) is 0 Å². The maximum atomic E-state index is 13.4. The average Bonchev–Trinajstić information content (AvgIpc) is 2.97. The summed E-state index contributed by atoms with van der Waals surface area (Å²) in [6.45, 7) is 0. The summed E-state index contributed by atoms with van der Waals surface area (Å²) in [4.78, 5) is 77.4. The van der Waals surface area contributed by atoms with Gasteiger partial charge in [0.2, 0.25) is 23.6 Å². The van der Waals surface area contributed by atoms with Crippen LogP contribution in [0.25, 0.3) is 0 Å². The summed E-state index contributed by atoms with van der Waals surface area (Å²) in [6.07, 6.45) is 0.879. The van der Waals surface area contributed by atoms with Gasteiger partial charge in [0.15, 0.2) is 0 Å². The fraction of sp³-hybridized carbons (Fsp3) is 0.250. The molecule has 0 radical (unpaired) electrons. The molecule has 0 spiro atoms. The third kappa shape index (κ3) is 5.69. The van der Waals surface area contributed by atoms with Crippen molar-refractivity contribution in [3.05, 3.63) is 107 Å². The van der Waals surface area contributed by atoms with Crippen molar-refractivity contribution in [1.82, 2.24) is 21.3 Å². The smallest absolute Gasteiger partial charge is 0.277 e. The number of hydrogen-bond donors (Lipinski definition) is 4. The number of carbonyl (C=O) groups is 6. The van der Waals surface area contributed by atoms with Crippen LogP contribution >= 0.6 is 0 Å². The van der Waals surface area contributed by atoms with E-state index in [0.29, 0.717) is 24.0 Å². The Morgan fingerprint density at radius 3 is 1.07 bits per heavy atom. The molecule has 2 heterocycles. The number of imide groups is 4. The molecule has 2 saturated heterocycles. The van der Waals surface area contributed by atoms with E-state index in [-0.39, 0.29) is 25.7 Å². The Balaban J connectivity index is 1.49. The van der Waals surface area contributed by atoms with Crippen molar-refractivity contribution in [1.29, 1.82) is 0 Å².